The fraction of sp³-hybridized carbons (Fsp3) is 0.381. The van der Waals surface area contributed by atoms with Crippen molar-refractivity contribution in [2.24, 2.45) is 5.92 Å². The van der Waals surface area contributed by atoms with Crippen molar-refractivity contribution in [3.05, 3.63) is 64.1 Å². The molecule has 1 saturated carbocycles. The van der Waals surface area contributed by atoms with Gasteiger partial charge in [-0.3, -0.25) is 14.2 Å². The van der Waals surface area contributed by atoms with E-state index in [4.69, 9.17) is 4.42 Å². The third kappa shape index (κ3) is 3.39. The van der Waals surface area contributed by atoms with Crippen molar-refractivity contribution in [1.82, 2.24) is 14.5 Å². The quantitative estimate of drug-likeness (QED) is 0.697. The zero-order valence-electron chi connectivity index (χ0n) is 15.8. The van der Waals surface area contributed by atoms with Gasteiger partial charge in [0.1, 0.15) is 18.1 Å². The number of aromatic nitrogens is 2. The zero-order chi connectivity index (χ0) is 19.1. The molecule has 0 aliphatic heterocycles. The number of hydrogen-bond acceptors (Lipinski definition) is 4. The number of nitrogens with zero attached hydrogens (tertiary/aromatic N) is 3. The Balaban J connectivity index is 1.47. The molecule has 2 atom stereocenters. The second kappa shape index (κ2) is 6.68. The van der Waals surface area contributed by atoms with Crippen LogP contribution in [0.1, 0.15) is 36.3 Å². The van der Waals surface area contributed by atoms with E-state index in [-0.39, 0.29) is 18.0 Å². The van der Waals surface area contributed by atoms with E-state index in [0.29, 0.717) is 29.3 Å². The summed E-state index contributed by atoms with van der Waals surface area (Å²) in [7, 11) is 1.72. The molecule has 1 aromatic carbocycles. The fourth-order valence-electron chi connectivity index (χ4n) is 3.44. The molecule has 2 unspecified atom stereocenters. The first kappa shape index (κ1) is 17.5. The van der Waals surface area contributed by atoms with E-state index >= 15 is 0 Å². The highest BCUT2D eigenvalue weighted by Gasteiger charge is 2.36. The molecule has 0 radical (unpaired) electrons. The average Bonchev–Trinajstić information content (AvgIpc) is 3.19. The molecular formula is C21H23N3O3. The van der Waals surface area contributed by atoms with Gasteiger partial charge in [0, 0.05) is 13.0 Å². The number of para-hydroxylation sites is 1. The Morgan fingerprint density at radius 2 is 2.11 bits per heavy atom. The van der Waals surface area contributed by atoms with Crippen LogP contribution >= 0.6 is 0 Å². The number of amides is 1. The second-order valence-electron chi connectivity index (χ2n) is 7.52. The molecule has 0 bridgehead atoms. The number of furan rings is 1. The van der Waals surface area contributed by atoms with Gasteiger partial charge < -0.3 is 9.32 Å². The van der Waals surface area contributed by atoms with Crippen molar-refractivity contribution in [3.8, 4) is 0 Å². The zero-order valence-corrected chi connectivity index (χ0v) is 15.8. The van der Waals surface area contributed by atoms with Gasteiger partial charge in [-0.25, -0.2) is 4.98 Å². The summed E-state index contributed by atoms with van der Waals surface area (Å²) in [4.78, 5) is 31.1. The van der Waals surface area contributed by atoms with Crippen molar-refractivity contribution in [2.45, 2.75) is 39.3 Å². The van der Waals surface area contributed by atoms with E-state index in [1.807, 2.05) is 31.2 Å². The molecule has 2 heterocycles. The van der Waals surface area contributed by atoms with Gasteiger partial charge in [-0.2, -0.15) is 0 Å². The molecule has 4 rings (SSSR count). The predicted octanol–water partition coefficient (Wildman–Crippen LogP) is 3.08. The number of rotatable bonds is 5. The summed E-state index contributed by atoms with van der Waals surface area (Å²) in [5.41, 5.74) is 1.42. The third-order valence-corrected chi connectivity index (χ3v) is 5.34. The van der Waals surface area contributed by atoms with E-state index < -0.39 is 0 Å². The summed E-state index contributed by atoms with van der Waals surface area (Å²) in [5, 5.41) is 0.530. The lowest BCUT2D eigenvalue weighted by molar-refractivity contribution is -0.131. The van der Waals surface area contributed by atoms with Gasteiger partial charge in [-0.1, -0.05) is 19.1 Å². The maximum atomic E-state index is 12.6. The van der Waals surface area contributed by atoms with E-state index in [1.54, 1.807) is 18.0 Å². The molecule has 27 heavy (non-hydrogen) atoms. The number of benzene rings is 1. The van der Waals surface area contributed by atoms with Gasteiger partial charge in [-0.15, -0.1) is 0 Å². The average molecular weight is 365 g/mol. The maximum Gasteiger partial charge on any atom is 0.261 e. The molecule has 6 nitrogen and oxygen atoms in total. The highest BCUT2D eigenvalue weighted by molar-refractivity contribution is 5.81. The molecule has 6 heteroatoms. The summed E-state index contributed by atoms with van der Waals surface area (Å²) >= 11 is 0. The molecule has 1 amide bonds. The smallest absolute Gasteiger partial charge is 0.261 e. The van der Waals surface area contributed by atoms with E-state index in [2.05, 4.69) is 11.9 Å². The van der Waals surface area contributed by atoms with Gasteiger partial charge in [0.25, 0.3) is 5.56 Å². The summed E-state index contributed by atoms with van der Waals surface area (Å²) in [6, 6.07) is 9.41. The Morgan fingerprint density at radius 1 is 1.33 bits per heavy atom. The Labute approximate surface area is 157 Å². The van der Waals surface area contributed by atoms with Crippen molar-refractivity contribution in [2.75, 3.05) is 7.05 Å². The first-order chi connectivity index (χ1) is 12.9. The van der Waals surface area contributed by atoms with Crippen molar-refractivity contribution in [3.63, 3.8) is 0 Å². The van der Waals surface area contributed by atoms with Crippen LogP contribution < -0.4 is 5.56 Å². The molecule has 140 valence electrons. The monoisotopic (exact) mass is 365 g/mol. The van der Waals surface area contributed by atoms with Gasteiger partial charge >= 0.3 is 0 Å². The Morgan fingerprint density at radius 3 is 2.85 bits per heavy atom. The summed E-state index contributed by atoms with van der Waals surface area (Å²) < 4.78 is 7.23. The van der Waals surface area contributed by atoms with Crippen LogP contribution in [0.25, 0.3) is 10.9 Å². The second-order valence-corrected chi connectivity index (χ2v) is 7.52. The highest BCUT2D eigenvalue weighted by Crippen LogP contribution is 2.47. The molecule has 0 spiro atoms. The molecule has 1 aliphatic carbocycles. The lowest BCUT2D eigenvalue weighted by Gasteiger charge is -2.16. The molecule has 0 saturated heterocycles. The van der Waals surface area contributed by atoms with Crippen molar-refractivity contribution < 1.29 is 9.21 Å². The van der Waals surface area contributed by atoms with E-state index in [1.165, 1.54) is 17.3 Å². The number of carbonyl (C=O) groups is 1. The molecular weight excluding hydrogens is 342 g/mol. The lowest BCUT2D eigenvalue weighted by Crippen LogP contribution is -2.33. The van der Waals surface area contributed by atoms with Gasteiger partial charge in [0.15, 0.2) is 0 Å². The molecule has 1 fully saturated rings. The number of hydrogen-bond donors (Lipinski definition) is 0. The first-order valence-corrected chi connectivity index (χ1v) is 9.21. The molecule has 2 aromatic heterocycles. The minimum absolute atomic E-state index is 0.0422. The van der Waals surface area contributed by atoms with Crippen LogP contribution in [-0.4, -0.2) is 27.4 Å². The Kier molecular flexibility index (Phi) is 4.34. The normalized spacial score (nSPS) is 18.6. The van der Waals surface area contributed by atoms with Gasteiger partial charge in [0.05, 0.1) is 23.8 Å². The van der Waals surface area contributed by atoms with Crippen LogP contribution in [0.4, 0.5) is 0 Å². The summed E-state index contributed by atoms with van der Waals surface area (Å²) in [5.74, 6) is 2.80. The van der Waals surface area contributed by atoms with E-state index in [9.17, 15) is 9.59 Å². The summed E-state index contributed by atoms with van der Waals surface area (Å²) in [6.45, 7) is 4.46. The van der Waals surface area contributed by atoms with E-state index in [0.717, 1.165) is 17.1 Å². The minimum Gasteiger partial charge on any atom is -0.464 e. The SMILES string of the molecule is Cc1cccc2c(=O)n(CC(=O)N(C)Cc3ccc(C4CC4C)o3)cnc12. The van der Waals surface area contributed by atoms with Crippen LogP contribution in [0.3, 0.4) is 0 Å². The molecule has 1 aliphatic rings. The first-order valence-electron chi connectivity index (χ1n) is 9.21. The van der Waals surface area contributed by atoms with Crippen LogP contribution in [-0.2, 0) is 17.9 Å². The standard InChI is InChI=1S/C21H23N3O3/c1-13-5-4-6-16-20(13)22-12-24(21(16)26)11-19(25)23(3)10-15-7-8-18(27-15)17-9-14(17)2/h4-8,12,14,17H,9-11H2,1-3H3. The predicted molar refractivity (Wildman–Crippen MR) is 102 cm³/mol. The Bertz CT molecular complexity index is 1070. The maximum absolute atomic E-state index is 12.6. The van der Waals surface area contributed by atoms with Crippen LogP contribution in [0.5, 0.6) is 0 Å². The number of aryl methyl sites for hydroxylation is 1. The number of carbonyl (C=O) groups excluding carboxylic acids is 1. The molecule has 3 aromatic rings. The van der Waals surface area contributed by atoms with Crippen LogP contribution in [0, 0.1) is 12.8 Å². The van der Waals surface area contributed by atoms with Gasteiger partial charge in [0.2, 0.25) is 5.91 Å². The fourth-order valence-corrected chi connectivity index (χ4v) is 3.44. The summed E-state index contributed by atoms with van der Waals surface area (Å²) in [6.07, 6.45) is 2.61. The number of likely N-dealkylation sites (N-methyl/N-ethyl adjacent to an activating group) is 1. The van der Waals surface area contributed by atoms with Crippen LogP contribution in [0.15, 0.2) is 45.9 Å². The molecule has 0 N–H and O–H groups in total. The third-order valence-electron chi connectivity index (χ3n) is 5.34. The van der Waals surface area contributed by atoms with Crippen molar-refractivity contribution in [1.29, 1.82) is 0 Å². The number of fused-ring (bicyclic) bond motifs is 1. The van der Waals surface area contributed by atoms with Gasteiger partial charge in [-0.05, 0) is 43.0 Å². The Hall–Kier alpha value is -2.89. The highest BCUT2D eigenvalue weighted by atomic mass is 16.3. The van der Waals surface area contributed by atoms with Crippen molar-refractivity contribution >= 4 is 16.8 Å². The largest absolute Gasteiger partial charge is 0.464 e. The lowest BCUT2D eigenvalue weighted by atomic mass is 10.1. The minimum atomic E-state index is -0.201. The van der Waals surface area contributed by atoms with Crippen LogP contribution in [0.2, 0.25) is 0 Å². The topological polar surface area (TPSA) is 68.3 Å².